The van der Waals surface area contributed by atoms with Crippen LogP contribution in [-0.4, -0.2) is 4.57 Å². The fraction of sp³-hybridized carbons (Fsp3) is 0. The first kappa shape index (κ1) is 38.9. The number of rotatable bonds is 8. The van der Waals surface area contributed by atoms with Gasteiger partial charge in [-0.25, -0.2) is 0 Å². The van der Waals surface area contributed by atoms with Crippen LogP contribution in [-0.2, 0) is 0 Å². The molecule has 0 fully saturated rings. The van der Waals surface area contributed by atoms with Crippen LogP contribution in [0.4, 0.5) is 17.1 Å². The number of fused-ring (bicyclic) bond motifs is 7. The van der Waals surface area contributed by atoms with Gasteiger partial charge in [0.25, 0.3) is 0 Å². The lowest BCUT2D eigenvalue weighted by molar-refractivity contribution is 1.18. The van der Waals surface area contributed by atoms with Gasteiger partial charge in [-0.3, -0.25) is 0 Å². The molecule has 0 aliphatic rings. The van der Waals surface area contributed by atoms with Crippen molar-refractivity contribution in [2.75, 3.05) is 4.90 Å². The lowest BCUT2D eigenvalue weighted by atomic mass is 9.90. The molecule has 0 N–H and O–H groups in total. The van der Waals surface area contributed by atoms with E-state index in [1.165, 1.54) is 80.6 Å². The fourth-order valence-corrected chi connectivity index (χ4v) is 11.6. The smallest absolute Gasteiger partial charge is 0.0547 e. The molecule has 0 spiro atoms. The van der Waals surface area contributed by atoms with E-state index in [4.69, 9.17) is 0 Å². The first-order valence-electron chi connectivity index (χ1n) is 22.9. The molecule has 0 radical (unpaired) electrons. The van der Waals surface area contributed by atoms with Crippen molar-refractivity contribution >= 4 is 81.1 Å². The summed E-state index contributed by atoms with van der Waals surface area (Å²) < 4.78 is 4.99. The van der Waals surface area contributed by atoms with Crippen LogP contribution in [0.2, 0.25) is 0 Å². The zero-order valence-corrected chi connectivity index (χ0v) is 37.4. The van der Waals surface area contributed by atoms with Crippen LogP contribution in [0, 0.1) is 0 Å². The van der Waals surface area contributed by atoms with Crippen LogP contribution in [0.5, 0.6) is 0 Å². The maximum atomic E-state index is 2.50. The molecule has 0 unspecified atom stereocenters. The maximum absolute atomic E-state index is 2.50. The molecule has 314 valence electrons. The molecule has 0 aliphatic heterocycles. The Labute approximate surface area is 393 Å². The third-order valence-corrected chi connectivity index (χ3v) is 14.5. The van der Waals surface area contributed by atoms with Gasteiger partial charge < -0.3 is 9.47 Å². The van der Waals surface area contributed by atoms with Crippen molar-refractivity contribution in [1.29, 1.82) is 0 Å². The predicted molar refractivity (Wildman–Crippen MR) is 288 cm³/mol. The molecule has 0 saturated heterocycles. The Bertz CT molecular complexity index is 3990. The standard InChI is InChI=1S/C64H42N2S/c1-3-19-43(20-4-1)49-31-16-21-44-22-17-32-54(63(44)49)51-28-8-12-35-58(51)66(59-36-13-9-29-52(59)55-33-18-38-62-64(55)56-30-10-14-37-61(56)67-62)48-26-15-23-45(41-48)46-39-40-53-50-27-7-11-34-57(50)65(60(53)42-46)47-24-5-2-6-25-47/h1-42H. The van der Waals surface area contributed by atoms with E-state index in [0.29, 0.717) is 0 Å². The lowest BCUT2D eigenvalue weighted by Gasteiger charge is -2.30. The molecule has 11 aromatic carbocycles. The van der Waals surface area contributed by atoms with Gasteiger partial charge in [0.05, 0.1) is 22.4 Å². The molecule has 3 heteroatoms. The molecule has 2 aromatic heterocycles. The molecule has 0 amide bonds. The second kappa shape index (κ2) is 16.2. The van der Waals surface area contributed by atoms with E-state index in [-0.39, 0.29) is 0 Å². The molecule has 0 atom stereocenters. The summed E-state index contributed by atoms with van der Waals surface area (Å²) in [5.74, 6) is 0. The highest BCUT2D eigenvalue weighted by Crippen LogP contribution is 2.50. The molecule has 2 nitrogen and oxygen atoms in total. The lowest BCUT2D eigenvalue weighted by Crippen LogP contribution is -2.12. The number of hydrogen-bond acceptors (Lipinski definition) is 2. The van der Waals surface area contributed by atoms with Crippen molar-refractivity contribution in [2.45, 2.75) is 0 Å². The first-order valence-corrected chi connectivity index (χ1v) is 23.7. The Kier molecular flexibility index (Phi) is 9.40. The van der Waals surface area contributed by atoms with Crippen molar-refractivity contribution < 1.29 is 0 Å². The van der Waals surface area contributed by atoms with Crippen LogP contribution >= 0.6 is 11.3 Å². The zero-order chi connectivity index (χ0) is 44.3. The molecule has 0 saturated carbocycles. The summed E-state index contributed by atoms with van der Waals surface area (Å²) in [6, 6.07) is 93.3. The monoisotopic (exact) mass is 870 g/mol. The van der Waals surface area contributed by atoms with Gasteiger partial charge in [-0.15, -0.1) is 11.3 Å². The largest absolute Gasteiger partial charge is 0.309 e. The van der Waals surface area contributed by atoms with Gasteiger partial charge in [0.15, 0.2) is 0 Å². The highest BCUT2D eigenvalue weighted by atomic mass is 32.1. The van der Waals surface area contributed by atoms with Crippen molar-refractivity contribution in [3.8, 4) is 50.2 Å². The summed E-state index contributed by atoms with van der Waals surface area (Å²) in [5, 5.41) is 7.52. The number of nitrogens with zero attached hydrogens (tertiary/aromatic N) is 2. The first-order chi connectivity index (χ1) is 33.3. The van der Waals surface area contributed by atoms with Crippen LogP contribution in [0.25, 0.3) is 103 Å². The van der Waals surface area contributed by atoms with Gasteiger partial charge in [-0.1, -0.05) is 194 Å². The molecule has 67 heavy (non-hydrogen) atoms. The molecular formula is C64H42N2S. The quantitative estimate of drug-likeness (QED) is 0.148. The third-order valence-electron chi connectivity index (χ3n) is 13.4. The third kappa shape index (κ3) is 6.55. The SMILES string of the molecule is c1ccc(-c2cccc3cccc(-c4ccccc4N(c4cccc(-c5ccc6c7ccccc7n(-c7ccccc7)c6c5)c4)c4ccccc4-c4cccc5sc6ccccc6c45)c23)cc1. The summed E-state index contributed by atoms with van der Waals surface area (Å²) in [6.07, 6.45) is 0. The van der Waals surface area contributed by atoms with E-state index in [1.807, 2.05) is 11.3 Å². The second-order valence-corrected chi connectivity index (χ2v) is 18.3. The second-order valence-electron chi connectivity index (χ2n) is 17.2. The molecular weight excluding hydrogens is 829 g/mol. The van der Waals surface area contributed by atoms with Gasteiger partial charge >= 0.3 is 0 Å². The number of anilines is 3. The highest BCUT2D eigenvalue weighted by molar-refractivity contribution is 7.25. The van der Waals surface area contributed by atoms with Crippen LogP contribution < -0.4 is 4.90 Å². The van der Waals surface area contributed by atoms with E-state index < -0.39 is 0 Å². The van der Waals surface area contributed by atoms with Crippen molar-refractivity contribution in [3.05, 3.63) is 255 Å². The van der Waals surface area contributed by atoms with Crippen LogP contribution in [0.1, 0.15) is 0 Å². The Morgan fingerprint density at radius 1 is 0.313 bits per heavy atom. The molecule has 13 aromatic rings. The molecule has 13 rings (SSSR count). The Morgan fingerprint density at radius 2 is 0.851 bits per heavy atom. The number of hydrogen-bond donors (Lipinski definition) is 0. The van der Waals surface area contributed by atoms with Crippen molar-refractivity contribution in [3.63, 3.8) is 0 Å². The van der Waals surface area contributed by atoms with Gasteiger partial charge in [-0.05, 0) is 105 Å². The molecule has 2 heterocycles. The van der Waals surface area contributed by atoms with Crippen molar-refractivity contribution in [1.82, 2.24) is 4.57 Å². The number of aromatic nitrogens is 1. The number of thiophene rings is 1. The molecule has 0 bridgehead atoms. The van der Waals surface area contributed by atoms with Gasteiger partial charge in [0.1, 0.15) is 0 Å². The van der Waals surface area contributed by atoms with Gasteiger partial charge in [-0.2, -0.15) is 0 Å². The Balaban J connectivity index is 1.06. The number of benzene rings is 11. The van der Waals surface area contributed by atoms with Gasteiger partial charge in [0, 0.05) is 53.4 Å². The maximum Gasteiger partial charge on any atom is 0.0547 e. The Morgan fingerprint density at radius 3 is 1.63 bits per heavy atom. The van der Waals surface area contributed by atoms with E-state index in [0.717, 1.165) is 39.4 Å². The van der Waals surface area contributed by atoms with Gasteiger partial charge in [0.2, 0.25) is 0 Å². The van der Waals surface area contributed by atoms with E-state index in [2.05, 4.69) is 264 Å². The van der Waals surface area contributed by atoms with E-state index in [9.17, 15) is 0 Å². The zero-order valence-electron chi connectivity index (χ0n) is 36.6. The summed E-state index contributed by atoms with van der Waals surface area (Å²) in [4.78, 5) is 2.50. The van der Waals surface area contributed by atoms with E-state index >= 15 is 0 Å². The van der Waals surface area contributed by atoms with Crippen molar-refractivity contribution in [2.24, 2.45) is 0 Å². The topological polar surface area (TPSA) is 8.17 Å². The minimum atomic E-state index is 1.08. The average molecular weight is 871 g/mol. The molecule has 0 aliphatic carbocycles. The fourth-order valence-electron chi connectivity index (χ4n) is 10.5. The van der Waals surface area contributed by atoms with Crippen LogP contribution in [0.3, 0.4) is 0 Å². The summed E-state index contributed by atoms with van der Waals surface area (Å²) in [6.45, 7) is 0. The summed E-state index contributed by atoms with van der Waals surface area (Å²) in [5.41, 5.74) is 16.3. The minimum Gasteiger partial charge on any atom is -0.309 e. The minimum absolute atomic E-state index is 1.08. The number of para-hydroxylation sites is 4. The Hall–Kier alpha value is -8.50. The predicted octanol–water partition coefficient (Wildman–Crippen LogP) is 18.4. The summed E-state index contributed by atoms with van der Waals surface area (Å²) in [7, 11) is 0. The highest BCUT2D eigenvalue weighted by Gasteiger charge is 2.24. The van der Waals surface area contributed by atoms with E-state index in [1.54, 1.807) is 0 Å². The average Bonchev–Trinajstić information content (AvgIpc) is 3.95. The van der Waals surface area contributed by atoms with Crippen LogP contribution in [0.15, 0.2) is 255 Å². The normalized spacial score (nSPS) is 11.6. The summed E-state index contributed by atoms with van der Waals surface area (Å²) >= 11 is 1.86.